The number of allylic oxidation sites excluding steroid dienone is 17. The van der Waals surface area contributed by atoms with E-state index in [0.29, 0.717) is 25.7 Å². The minimum absolute atomic E-state index is 0.0169. The number of ether oxygens (including phenoxy) is 3. The molecule has 64 heavy (non-hydrogen) atoms. The molecule has 0 aromatic carbocycles. The predicted octanol–water partition coefficient (Wildman–Crippen LogP) is 10.9. The summed E-state index contributed by atoms with van der Waals surface area (Å²) >= 11 is 0. The van der Waals surface area contributed by atoms with E-state index in [1.165, 1.54) is 19.3 Å². The molecule has 4 N–H and O–H groups in total. The maximum absolute atomic E-state index is 12.7. The summed E-state index contributed by atoms with van der Waals surface area (Å²) in [6.45, 7) is 1.43. The Morgan fingerprint density at radius 1 is 0.562 bits per heavy atom. The molecular formula is C48H76O14P2. The number of aliphatic hydroxyl groups is 1. The monoisotopic (exact) mass is 938 g/mol. The van der Waals surface area contributed by atoms with Crippen LogP contribution in [0.25, 0.3) is 0 Å². The highest BCUT2D eigenvalue weighted by Gasteiger charge is 2.36. The van der Waals surface area contributed by atoms with Crippen LogP contribution in [0.2, 0.25) is 0 Å². The van der Waals surface area contributed by atoms with Crippen LogP contribution in [0.15, 0.2) is 109 Å². The Bertz CT molecular complexity index is 1610. The lowest BCUT2D eigenvalue weighted by Crippen LogP contribution is -2.29. The molecule has 14 nitrogen and oxygen atoms in total. The summed E-state index contributed by atoms with van der Waals surface area (Å²) in [5.41, 5.74) is 0. The van der Waals surface area contributed by atoms with Crippen molar-refractivity contribution in [1.29, 1.82) is 0 Å². The fourth-order valence-corrected chi connectivity index (χ4v) is 6.73. The van der Waals surface area contributed by atoms with Crippen LogP contribution in [-0.2, 0) is 46.5 Å². The molecule has 16 heteroatoms. The summed E-state index contributed by atoms with van der Waals surface area (Å²) in [6, 6.07) is 0. The van der Waals surface area contributed by atoms with E-state index in [0.717, 1.165) is 57.8 Å². The van der Waals surface area contributed by atoms with Gasteiger partial charge in [-0.3, -0.25) is 23.2 Å². The lowest BCUT2D eigenvalue weighted by molar-refractivity contribution is -0.161. The molecule has 362 valence electrons. The molecule has 0 aromatic heterocycles. The largest absolute Gasteiger partial charge is 0.472 e. The van der Waals surface area contributed by atoms with Crippen molar-refractivity contribution in [2.75, 3.05) is 26.4 Å². The fourth-order valence-electron chi connectivity index (χ4n) is 5.58. The third-order valence-electron chi connectivity index (χ3n) is 9.07. The van der Waals surface area contributed by atoms with Crippen LogP contribution in [0.1, 0.15) is 129 Å². The molecule has 0 amide bonds. The second-order valence-electron chi connectivity index (χ2n) is 15.0. The summed E-state index contributed by atoms with van der Waals surface area (Å²) in [5.74, 6) is -1.22. The van der Waals surface area contributed by atoms with Gasteiger partial charge in [-0.1, -0.05) is 136 Å². The average Bonchev–Trinajstić information content (AvgIpc) is 4.01. The van der Waals surface area contributed by atoms with Crippen molar-refractivity contribution in [3.05, 3.63) is 109 Å². The highest BCUT2D eigenvalue weighted by molar-refractivity contribution is 7.47. The molecule has 1 fully saturated rings. The van der Waals surface area contributed by atoms with Crippen molar-refractivity contribution < 1.29 is 66.3 Å². The number of carbonyl (C=O) groups is 2. The van der Waals surface area contributed by atoms with E-state index in [1.807, 2.05) is 18.2 Å². The lowest BCUT2D eigenvalue weighted by atomic mass is 10.1. The number of unbranched alkanes of at least 4 members (excludes halogenated alkanes) is 3. The zero-order valence-electron chi connectivity index (χ0n) is 38.0. The van der Waals surface area contributed by atoms with Crippen LogP contribution in [0.3, 0.4) is 0 Å². The summed E-state index contributed by atoms with van der Waals surface area (Å²) in [4.78, 5) is 52.9. The van der Waals surface area contributed by atoms with Crippen LogP contribution in [0, 0.1) is 0 Å². The summed E-state index contributed by atoms with van der Waals surface area (Å²) in [5, 5.41) is 9.76. The van der Waals surface area contributed by atoms with E-state index < -0.39 is 66.2 Å². The Morgan fingerprint density at radius 2 is 1.06 bits per heavy atom. The summed E-state index contributed by atoms with van der Waals surface area (Å²) < 4.78 is 53.5. The molecule has 1 aliphatic heterocycles. The first kappa shape index (κ1) is 58.8. The number of phosphoric acid groups is 2. The SMILES string of the molecule is CC/C=C\C/C=C\C/C=C\C/C=C\C/C=C\C/C=C\CCC(=O)O[C@H](COC(=O)CCCC1OC1C/C=C\C/C=C\C/C=C\CCCCC)COP(=O)(O)OC[C@@H](O)COP(=O)(O)O. The molecule has 1 rings (SSSR count). The molecular weight excluding hydrogens is 862 g/mol. The third kappa shape index (κ3) is 39.1. The van der Waals surface area contributed by atoms with Crippen molar-refractivity contribution in [2.24, 2.45) is 0 Å². The highest BCUT2D eigenvalue weighted by atomic mass is 31.2. The molecule has 0 aliphatic carbocycles. The Labute approximate surface area is 382 Å². The van der Waals surface area contributed by atoms with Gasteiger partial charge in [0.25, 0.3) is 0 Å². The predicted molar refractivity (Wildman–Crippen MR) is 252 cm³/mol. The van der Waals surface area contributed by atoms with E-state index >= 15 is 0 Å². The van der Waals surface area contributed by atoms with Crippen LogP contribution < -0.4 is 0 Å². The Hall–Kier alpha value is -3.26. The molecule has 1 saturated heterocycles. The smallest absolute Gasteiger partial charge is 0.462 e. The van der Waals surface area contributed by atoms with E-state index in [4.69, 9.17) is 28.5 Å². The van der Waals surface area contributed by atoms with E-state index in [2.05, 4.69) is 114 Å². The van der Waals surface area contributed by atoms with Gasteiger partial charge in [-0.2, -0.15) is 0 Å². The number of phosphoric ester groups is 2. The first-order chi connectivity index (χ1) is 30.8. The standard InChI is InChI=1S/C48H76O14P2/c1-3-5-7-9-11-13-15-17-18-19-20-21-22-23-25-27-29-31-33-37-48(51)61-44(42-60-64(55,56)59-40-43(49)39-58-63(52,53)54)41-57-47(50)38-34-36-46-45(62-46)35-32-30-28-26-24-16-14-12-10-8-6-4-2/h5,7,11-14,17-18,20-21,23-26,29-32,43-46,49H,3-4,6,8-10,15-16,19,22,27-28,33-42H2,1-2H3,(H,55,56)(H2,52,53,54)/b7-5-,13-11-,14-12-,18-17-,21-20-,25-23-,26-24-,31-29-,32-30-/t43-,44+,45?,46?/m0/s1. The van der Waals surface area contributed by atoms with Crippen molar-refractivity contribution >= 4 is 27.6 Å². The average molecular weight is 939 g/mol. The van der Waals surface area contributed by atoms with Gasteiger partial charge < -0.3 is 34.0 Å². The molecule has 5 atom stereocenters. The zero-order chi connectivity index (χ0) is 47.0. The molecule has 0 radical (unpaired) electrons. The molecule has 3 unspecified atom stereocenters. The maximum atomic E-state index is 12.7. The van der Waals surface area contributed by atoms with Gasteiger partial charge in [0.05, 0.1) is 32.0 Å². The number of hydrogen-bond donors (Lipinski definition) is 4. The van der Waals surface area contributed by atoms with Crippen LogP contribution in [-0.4, -0.2) is 82.6 Å². The number of carbonyl (C=O) groups excluding carboxylic acids is 2. The van der Waals surface area contributed by atoms with Crippen molar-refractivity contribution in [1.82, 2.24) is 0 Å². The van der Waals surface area contributed by atoms with Crippen molar-refractivity contribution in [2.45, 2.75) is 154 Å². The maximum Gasteiger partial charge on any atom is 0.472 e. The number of hydrogen-bond acceptors (Lipinski definition) is 11. The third-order valence-corrected chi connectivity index (χ3v) is 10.5. The van der Waals surface area contributed by atoms with Gasteiger partial charge in [0.2, 0.25) is 0 Å². The first-order valence-corrected chi connectivity index (χ1v) is 25.7. The molecule has 0 aromatic rings. The number of aliphatic hydroxyl groups excluding tert-OH is 1. The van der Waals surface area contributed by atoms with Gasteiger partial charge in [0.15, 0.2) is 6.10 Å². The lowest BCUT2D eigenvalue weighted by Gasteiger charge is -2.20. The van der Waals surface area contributed by atoms with Crippen LogP contribution in [0.5, 0.6) is 0 Å². The molecule has 1 heterocycles. The van der Waals surface area contributed by atoms with Gasteiger partial charge in [-0.25, -0.2) is 9.13 Å². The fraction of sp³-hybridized carbons (Fsp3) is 0.583. The second kappa shape index (κ2) is 39.0. The normalized spacial score (nSPS) is 18.1. The number of esters is 2. The first-order valence-electron chi connectivity index (χ1n) is 22.7. The summed E-state index contributed by atoms with van der Waals surface area (Å²) in [6.07, 6.45) is 49.7. The Balaban J connectivity index is 2.47. The summed E-state index contributed by atoms with van der Waals surface area (Å²) in [7, 11) is -9.74. The van der Waals surface area contributed by atoms with E-state index in [1.54, 1.807) is 0 Å². The van der Waals surface area contributed by atoms with E-state index in [-0.39, 0.29) is 25.0 Å². The number of epoxide rings is 1. The van der Waals surface area contributed by atoms with Crippen LogP contribution in [0.4, 0.5) is 0 Å². The topological polar surface area (TPSA) is 208 Å². The van der Waals surface area contributed by atoms with E-state index in [9.17, 15) is 28.7 Å². The molecule has 0 bridgehead atoms. The van der Waals surface area contributed by atoms with Gasteiger partial charge in [-0.05, 0) is 89.9 Å². The van der Waals surface area contributed by atoms with Gasteiger partial charge in [-0.15, -0.1) is 0 Å². The Morgan fingerprint density at radius 3 is 1.61 bits per heavy atom. The minimum Gasteiger partial charge on any atom is -0.462 e. The minimum atomic E-state index is -4.89. The quantitative estimate of drug-likeness (QED) is 0.0148. The second-order valence-corrected chi connectivity index (χ2v) is 17.7. The molecule has 1 aliphatic rings. The van der Waals surface area contributed by atoms with Crippen molar-refractivity contribution in [3.8, 4) is 0 Å². The number of rotatable bonds is 40. The molecule has 0 spiro atoms. The van der Waals surface area contributed by atoms with Crippen LogP contribution >= 0.6 is 15.6 Å². The van der Waals surface area contributed by atoms with Gasteiger partial charge in [0.1, 0.15) is 12.7 Å². The Kier molecular flexibility index (Phi) is 35.8. The van der Waals surface area contributed by atoms with Crippen molar-refractivity contribution in [3.63, 3.8) is 0 Å². The van der Waals surface area contributed by atoms with Gasteiger partial charge in [0, 0.05) is 12.8 Å². The highest BCUT2D eigenvalue weighted by Crippen LogP contribution is 2.44. The molecule has 0 saturated carbocycles. The van der Waals surface area contributed by atoms with Gasteiger partial charge >= 0.3 is 27.6 Å². The zero-order valence-corrected chi connectivity index (χ0v) is 39.8.